The van der Waals surface area contributed by atoms with Gasteiger partial charge in [0, 0.05) is 13.7 Å². The first-order valence-electron chi connectivity index (χ1n) is 6.73. The first-order chi connectivity index (χ1) is 8.63. The van der Waals surface area contributed by atoms with Crippen molar-refractivity contribution in [1.82, 2.24) is 5.32 Å². The smallest absolute Gasteiger partial charge is 0.226 e. The summed E-state index contributed by atoms with van der Waals surface area (Å²) in [4.78, 5) is 12.3. The molecule has 4 nitrogen and oxygen atoms in total. The normalized spacial score (nSPS) is 35.7. The maximum atomic E-state index is 12.3. The number of carbonyl (C=O) groups excluding carboxylic acids is 1. The monoisotopic (exact) mass is 253 g/mol. The summed E-state index contributed by atoms with van der Waals surface area (Å²) in [6, 6.07) is 0.161. The molecule has 18 heavy (non-hydrogen) atoms. The number of carbonyl (C=O) groups is 1. The molecule has 4 atom stereocenters. The van der Waals surface area contributed by atoms with E-state index < -0.39 is 0 Å². The zero-order valence-corrected chi connectivity index (χ0v) is 11.3. The maximum Gasteiger partial charge on any atom is 0.226 e. The molecule has 102 valence electrons. The van der Waals surface area contributed by atoms with Crippen molar-refractivity contribution in [3.63, 3.8) is 0 Å². The standard InChI is InChI=1S/C14H23NO3/c1-9(2)13-10(7-8-18-13)14(16)15-11-5-4-6-12(11)17-3/h10-13H,1,4-8H2,2-3H3,(H,15,16)/t10-,11-,12+,13-/m1/s1. The van der Waals surface area contributed by atoms with E-state index in [1.165, 1.54) is 0 Å². The predicted molar refractivity (Wildman–Crippen MR) is 69.2 cm³/mol. The van der Waals surface area contributed by atoms with Gasteiger partial charge in [-0.1, -0.05) is 12.2 Å². The van der Waals surface area contributed by atoms with Crippen LogP contribution in [0.2, 0.25) is 0 Å². The van der Waals surface area contributed by atoms with Gasteiger partial charge in [0.1, 0.15) is 0 Å². The Morgan fingerprint density at radius 1 is 1.39 bits per heavy atom. The number of hydrogen-bond acceptors (Lipinski definition) is 3. The molecule has 2 rings (SSSR count). The topological polar surface area (TPSA) is 47.6 Å². The second kappa shape index (κ2) is 5.85. The van der Waals surface area contributed by atoms with Crippen molar-refractivity contribution in [3.05, 3.63) is 12.2 Å². The molecule has 1 saturated carbocycles. The molecule has 1 amide bonds. The van der Waals surface area contributed by atoms with Crippen molar-refractivity contribution in [2.24, 2.45) is 5.92 Å². The third-order valence-corrected chi connectivity index (χ3v) is 4.00. The summed E-state index contributed by atoms with van der Waals surface area (Å²) in [5.41, 5.74) is 0.933. The molecular formula is C14H23NO3. The van der Waals surface area contributed by atoms with E-state index in [1.54, 1.807) is 7.11 Å². The molecule has 1 heterocycles. The van der Waals surface area contributed by atoms with E-state index in [9.17, 15) is 4.79 Å². The van der Waals surface area contributed by atoms with Crippen LogP contribution >= 0.6 is 0 Å². The van der Waals surface area contributed by atoms with Gasteiger partial charge in [0.25, 0.3) is 0 Å². The lowest BCUT2D eigenvalue weighted by atomic mass is 9.95. The summed E-state index contributed by atoms with van der Waals surface area (Å²) in [6.45, 7) is 6.47. The van der Waals surface area contributed by atoms with Crippen LogP contribution < -0.4 is 5.32 Å². The number of amides is 1. The Bertz CT molecular complexity index is 329. The van der Waals surface area contributed by atoms with Crippen LogP contribution in [0.1, 0.15) is 32.6 Å². The number of ether oxygens (including phenoxy) is 2. The molecule has 0 radical (unpaired) electrons. The molecule has 2 aliphatic rings. The molecule has 4 heteroatoms. The Morgan fingerprint density at radius 2 is 2.17 bits per heavy atom. The summed E-state index contributed by atoms with van der Waals surface area (Å²) in [6.07, 6.45) is 4.00. The molecule has 2 fully saturated rings. The van der Waals surface area contributed by atoms with E-state index in [-0.39, 0.29) is 30.1 Å². The molecule has 1 aliphatic heterocycles. The highest BCUT2D eigenvalue weighted by Gasteiger charge is 2.37. The lowest BCUT2D eigenvalue weighted by Crippen LogP contribution is -2.45. The van der Waals surface area contributed by atoms with Crippen LogP contribution in [0.5, 0.6) is 0 Å². The van der Waals surface area contributed by atoms with Crippen molar-refractivity contribution in [2.75, 3.05) is 13.7 Å². The van der Waals surface area contributed by atoms with Crippen LogP contribution in [0, 0.1) is 5.92 Å². The van der Waals surface area contributed by atoms with E-state index in [2.05, 4.69) is 11.9 Å². The Kier molecular flexibility index (Phi) is 4.40. The van der Waals surface area contributed by atoms with Crippen LogP contribution in [-0.4, -0.2) is 37.9 Å². The van der Waals surface area contributed by atoms with Gasteiger partial charge in [-0.05, 0) is 32.6 Å². The molecule has 1 aliphatic carbocycles. The van der Waals surface area contributed by atoms with Crippen LogP contribution in [0.4, 0.5) is 0 Å². The van der Waals surface area contributed by atoms with Gasteiger partial charge in [0.2, 0.25) is 5.91 Å². The summed E-state index contributed by atoms with van der Waals surface area (Å²) < 4.78 is 11.0. The number of hydrogen-bond donors (Lipinski definition) is 1. The van der Waals surface area contributed by atoms with Gasteiger partial charge in [-0.3, -0.25) is 4.79 Å². The van der Waals surface area contributed by atoms with Gasteiger partial charge in [0.05, 0.1) is 24.2 Å². The van der Waals surface area contributed by atoms with Crippen LogP contribution in [0.15, 0.2) is 12.2 Å². The second-order valence-corrected chi connectivity index (χ2v) is 5.35. The van der Waals surface area contributed by atoms with E-state index in [0.29, 0.717) is 6.61 Å². The summed E-state index contributed by atoms with van der Waals surface area (Å²) in [7, 11) is 1.71. The highest BCUT2D eigenvalue weighted by Crippen LogP contribution is 2.27. The van der Waals surface area contributed by atoms with E-state index >= 15 is 0 Å². The fourth-order valence-electron chi connectivity index (χ4n) is 3.01. The minimum Gasteiger partial charge on any atom is -0.379 e. The zero-order valence-electron chi connectivity index (χ0n) is 11.3. The highest BCUT2D eigenvalue weighted by molar-refractivity contribution is 5.80. The first kappa shape index (κ1) is 13.6. The third kappa shape index (κ3) is 2.75. The van der Waals surface area contributed by atoms with Gasteiger partial charge < -0.3 is 14.8 Å². The van der Waals surface area contributed by atoms with Crippen molar-refractivity contribution in [1.29, 1.82) is 0 Å². The number of rotatable bonds is 4. The first-order valence-corrected chi connectivity index (χ1v) is 6.73. The Labute approximate surface area is 109 Å². The molecule has 0 unspecified atom stereocenters. The quantitative estimate of drug-likeness (QED) is 0.775. The molecule has 1 N–H and O–H groups in total. The molecular weight excluding hydrogens is 230 g/mol. The molecule has 0 aromatic rings. The van der Waals surface area contributed by atoms with Gasteiger partial charge in [-0.15, -0.1) is 0 Å². The van der Waals surface area contributed by atoms with E-state index in [4.69, 9.17) is 9.47 Å². The number of methoxy groups -OCH3 is 1. The van der Waals surface area contributed by atoms with Crippen molar-refractivity contribution >= 4 is 5.91 Å². The molecule has 0 aromatic heterocycles. The Balaban J connectivity index is 1.93. The second-order valence-electron chi connectivity index (χ2n) is 5.35. The minimum absolute atomic E-state index is 0.0828. The van der Waals surface area contributed by atoms with Crippen LogP contribution in [0.25, 0.3) is 0 Å². The van der Waals surface area contributed by atoms with Crippen LogP contribution in [0.3, 0.4) is 0 Å². The largest absolute Gasteiger partial charge is 0.379 e. The number of nitrogens with one attached hydrogen (secondary N) is 1. The molecule has 0 spiro atoms. The van der Waals surface area contributed by atoms with Gasteiger partial charge in [-0.25, -0.2) is 0 Å². The average molecular weight is 253 g/mol. The third-order valence-electron chi connectivity index (χ3n) is 4.00. The van der Waals surface area contributed by atoms with Gasteiger partial charge in [-0.2, -0.15) is 0 Å². The van der Waals surface area contributed by atoms with E-state index in [0.717, 1.165) is 31.3 Å². The van der Waals surface area contributed by atoms with Gasteiger partial charge in [0.15, 0.2) is 0 Å². The maximum absolute atomic E-state index is 12.3. The zero-order chi connectivity index (χ0) is 13.1. The SMILES string of the molecule is C=C(C)[C@H]1OCC[C@H]1C(=O)N[C@@H]1CCC[C@@H]1OC. The average Bonchev–Trinajstić information content (AvgIpc) is 2.96. The lowest BCUT2D eigenvalue weighted by Gasteiger charge is -2.24. The lowest BCUT2D eigenvalue weighted by molar-refractivity contribution is -0.127. The Hall–Kier alpha value is -0.870. The summed E-state index contributed by atoms with van der Waals surface area (Å²) >= 11 is 0. The van der Waals surface area contributed by atoms with E-state index in [1.807, 2.05) is 6.92 Å². The minimum atomic E-state index is -0.118. The summed E-state index contributed by atoms with van der Waals surface area (Å²) in [5.74, 6) is 0.00931. The fraction of sp³-hybridized carbons (Fsp3) is 0.786. The van der Waals surface area contributed by atoms with Gasteiger partial charge >= 0.3 is 0 Å². The fourth-order valence-corrected chi connectivity index (χ4v) is 3.01. The van der Waals surface area contributed by atoms with Crippen molar-refractivity contribution < 1.29 is 14.3 Å². The predicted octanol–water partition coefficient (Wildman–Crippen LogP) is 1.65. The Morgan fingerprint density at radius 3 is 2.83 bits per heavy atom. The van der Waals surface area contributed by atoms with Crippen molar-refractivity contribution in [3.8, 4) is 0 Å². The molecule has 1 saturated heterocycles. The summed E-state index contributed by atoms with van der Waals surface area (Å²) in [5, 5.41) is 3.12. The highest BCUT2D eigenvalue weighted by atomic mass is 16.5. The molecule has 0 bridgehead atoms. The molecule has 0 aromatic carbocycles. The van der Waals surface area contributed by atoms with Crippen molar-refractivity contribution in [2.45, 2.75) is 50.9 Å². The van der Waals surface area contributed by atoms with Crippen LogP contribution in [-0.2, 0) is 14.3 Å².